The van der Waals surface area contributed by atoms with E-state index in [1.165, 1.54) is 7.11 Å². The van der Waals surface area contributed by atoms with Crippen molar-refractivity contribution in [3.05, 3.63) is 74.8 Å². The van der Waals surface area contributed by atoms with Crippen molar-refractivity contribution in [2.45, 2.75) is 19.4 Å². The third-order valence-electron chi connectivity index (χ3n) is 4.23. The maximum atomic E-state index is 12.8. The molecule has 0 unspecified atom stereocenters. The molecule has 0 amide bonds. The fourth-order valence-corrected chi connectivity index (χ4v) is 3.09. The number of methoxy groups -OCH3 is 1. The van der Waals surface area contributed by atoms with Gasteiger partial charge in [0.25, 0.3) is 5.56 Å². The highest BCUT2D eigenvalue weighted by atomic mass is 32.1. The summed E-state index contributed by atoms with van der Waals surface area (Å²) in [5.74, 6) is -0.316. The Morgan fingerprint density at radius 3 is 2.64 bits per heavy atom. The minimum atomic E-state index is -0.455. The fourth-order valence-electron chi connectivity index (χ4n) is 2.83. The Morgan fingerprint density at radius 2 is 1.96 bits per heavy atom. The minimum Gasteiger partial charge on any atom is -0.465 e. The first kappa shape index (κ1) is 17.1. The Kier molecular flexibility index (Phi) is 4.81. The Hall–Kier alpha value is -2.73. The van der Waals surface area contributed by atoms with Crippen molar-refractivity contribution in [1.29, 1.82) is 0 Å². The van der Waals surface area contributed by atoms with Gasteiger partial charge in [0.2, 0.25) is 0 Å². The molecule has 0 saturated heterocycles. The van der Waals surface area contributed by atoms with E-state index >= 15 is 0 Å². The number of carbonyl (C=O) groups is 1. The van der Waals surface area contributed by atoms with E-state index in [1.54, 1.807) is 22.8 Å². The molecule has 1 aromatic heterocycles. The number of hydrogen-bond donors (Lipinski definition) is 1. The number of rotatable bonds is 4. The zero-order valence-electron chi connectivity index (χ0n) is 14.0. The summed E-state index contributed by atoms with van der Waals surface area (Å²) in [6, 6.07) is 14.8. The first-order chi connectivity index (χ1) is 12.0. The average Bonchev–Trinajstić information content (AvgIpc) is 2.64. The van der Waals surface area contributed by atoms with Crippen LogP contribution >= 0.6 is 12.2 Å². The van der Waals surface area contributed by atoms with E-state index in [-0.39, 0.29) is 11.5 Å². The van der Waals surface area contributed by atoms with Crippen molar-refractivity contribution in [2.75, 3.05) is 7.11 Å². The second-order valence-corrected chi connectivity index (χ2v) is 6.30. The third-order valence-corrected chi connectivity index (χ3v) is 4.55. The number of fused-ring (bicyclic) bond motifs is 1. The SMILES string of the molecule is COC(=O)c1ccc2c(=O)n(C[C@@H](C)c3ccccc3)c(=S)[nH]c2c1. The summed E-state index contributed by atoms with van der Waals surface area (Å²) in [6.07, 6.45) is 0. The molecule has 0 aliphatic carbocycles. The van der Waals surface area contributed by atoms with E-state index in [9.17, 15) is 9.59 Å². The molecule has 3 aromatic rings. The van der Waals surface area contributed by atoms with Gasteiger partial charge in [-0.15, -0.1) is 0 Å². The van der Waals surface area contributed by atoms with E-state index < -0.39 is 5.97 Å². The molecule has 2 aromatic carbocycles. The van der Waals surface area contributed by atoms with Crippen molar-refractivity contribution in [1.82, 2.24) is 9.55 Å². The number of hydrogen-bond acceptors (Lipinski definition) is 4. The summed E-state index contributed by atoms with van der Waals surface area (Å²) < 4.78 is 6.61. The van der Waals surface area contributed by atoms with Crippen LogP contribution in [0.3, 0.4) is 0 Å². The standard InChI is InChI=1S/C19H18N2O3S/c1-12(13-6-4-3-5-7-13)11-21-17(22)15-9-8-14(18(23)24-2)10-16(15)20-19(21)25/h3-10,12H,11H2,1-2H3,(H,20,25)/t12-/m1/s1. The van der Waals surface area contributed by atoms with Gasteiger partial charge in [-0.05, 0) is 41.9 Å². The molecule has 0 aliphatic heterocycles. The van der Waals surface area contributed by atoms with Gasteiger partial charge in [-0.25, -0.2) is 4.79 Å². The summed E-state index contributed by atoms with van der Waals surface area (Å²) in [4.78, 5) is 27.5. The molecule has 25 heavy (non-hydrogen) atoms. The summed E-state index contributed by atoms with van der Waals surface area (Å²) >= 11 is 5.36. The van der Waals surface area contributed by atoms with E-state index in [0.717, 1.165) is 5.56 Å². The summed E-state index contributed by atoms with van der Waals surface area (Å²) in [6.45, 7) is 2.54. The lowest BCUT2D eigenvalue weighted by molar-refractivity contribution is 0.0601. The molecule has 128 valence electrons. The number of nitrogens with one attached hydrogen (secondary N) is 1. The van der Waals surface area contributed by atoms with Crippen LogP contribution in [0.25, 0.3) is 10.9 Å². The molecule has 0 spiro atoms. The van der Waals surface area contributed by atoms with Gasteiger partial charge >= 0.3 is 5.97 Å². The number of aromatic nitrogens is 2. The molecule has 0 fully saturated rings. The van der Waals surface area contributed by atoms with Gasteiger partial charge < -0.3 is 9.72 Å². The predicted octanol–water partition coefficient (Wildman–Crippen LogP) is 3.65. The van der Waals surface area contributed by atoms with Gasteiger partial charge in [0.15, 0.2) is 4.77 Å². The molecule has 1 N–H and O–H groups in total. The molecule has 6 heteroatoms. The molecule has 0 radical (unpaired) electrons. The van der Waals surface area contributed by atoms with E-state index in [1.807, 2.05) is 30.3 Å². The maximum absolute atomic E-state index is 12.8. The number of H-pyrrole nitrogens is 1. The fraction of sp³-hybridized carbons (Fsp3) is 0.211. The zero-order valence-corrected chi connectivity index (χ0v) is 14.8. The van der Waals surface area contributed by atoms with Crippen LogP contribution < -0.4 is 5.56 Å². The lowest BCUT2D eigenvalue weighted by Gasteiger charge is -2.15. The van der Waals surface area contributed by atoms with Crippen LogP contribution in [0.4, 0.5) is 0 Å². The Labute approximate surface area is 149 Å². The first-order valence-corrected chi connectivity index (χ1v) is 8.32. The quantitative estimate of drug-likeness (QED) is 0.574. The monoisotopic (exact) mass is 354 g/mol. The van der Waals surface area contributed by atoms with E-state index in [4.69, 9.17) is 17.0 Å². The van der Waals surface area contributed by atoms with Crippen molar-refractivity contribution in [2.24, 2.45) is 0 Å². The predicted molar refractivity (Wildman–Crippen MR) is 99.6 cm³/mol. The third kappa shape index (κ3) is 3.39. The van der Waals surface area contributed by atoms with Gasteiger partial charge in [0.1, 0.15) is 0 Å². The normalized spacial score (nSPS) is 12.1. The number of esters is 1. The smallest absolute Gasteiger partial charge is 0.337 e. The topological polar surface area (TPSA) is 64.1 Å². The van der Waals surface area contributed by atoms with Gasteiger partial charge in [0.05, 0.1) is 23.6 Å². The highest BCUT2D eigenvalue weighted by Crippen LogP contribution is 2.17. The van der Waals surface area contributed by atoms with Crippen molar-refractivity contribution in [3.63, 3.8) is 0 Å². The average molecular weight is 354 g/mol. The van der Waals surface area contributed by atoms with Crippen LogP contribution in [0.1, 0.15) is 28.8 Å². The largest absolute Gasteiger partial charge is 0.465 e. The van der Waals surface area contributed by atoms with Crippen LogP contribution in [-0.2, 0) is 11.3 Å². The van der Waals surface area contributed by atoms with Crippen LogP contribution in [-0.4, -0.2) is 22.6 Å². The van der Waals surface area contributed by atoms with Crippen LogP contribution in [0.2, 0.25) is 0 Å². The second-order valence-electron chi connectivity index (χ2n) is 5.91. The Balaban J connectivity index is 2.04. The maximum Gasteiger partial charge on any atom is 0.337 e. The van der Waals surface area contributed by atoms with Crippen molar-refractivity contribution in [3.8, 4) is 0 Å². The lowest BCUT2D eigenvalue weighted by Crippen LogP contribution is -2.24. The Morgan fingerprint density at radius 1 is 1.24 bits per heavy atom. The van der Waals surface area contributed by atoms with E-state index in [0.29, 0.717) is 27.8 Å². The van der Waals surface area contributed by atoms with Gasteiger partial charge in [-0.1, -0.05) is 37.3 Å². The van der Waals surface area contributed by atoms with Crippen molar-refractivity contribution < 1.29 is 9.53 Å². The lowest BCUT2D eigenvalue weighted by atomic mass is 10.0. The summed E-state index contributed by atoms with van der Waals surface area (Å²) in [5, 5.41) is 0.488. The highest BCUT2D eigenvalue weighted by Gasteiger charge is 2.13. The molecule has 0 aliphatic rings. The molecule has 5 nitrogen and oxygen atoms in total. The molecular formula is C19H18N2O3S. The number of aromatic amines is 1. The Bertz CT molecular complexity index is 1040. The number of carbonyl (C=O) groups excluding carboxylic acids is 1. The van der Waals surface area contributed by atoms with Crippen LogP contribution in [0.15, 0.2) is 53.3 Å². The molecule has 1 heterocycles. The molecule has 0 bridgehead atoms. The number of ether oxygens (including phenoxy) is 1. The van der Waals surface area contributed by atoms with Gasteiger partial charge in [0, 0.05) is 6.54 Å². The van der Waals surface area contributed by atoms with Gasteiger partial charge in [-0.2, -0.15) is 0 Å². The number of benzene rings is 2. The second kappa shape index (κ2) is 7.03. The summed E-state index contributed by atoms with van der Waals surface area (Å²) in [5.41, 5.74) is 1.87. The highest BCUT2D eigenvalue weighted by molar-refractivity contribution is 7.71. The van der Waals surface area contributed by atoms with Crippen LogP contribution in [0.5, 0.6) is 0 Å². The molecule has 0 saturated carbocycles. The number of nitrogens with zero attached hydrogens (tertiary/aromatic N) is 1. The van der Waals surface area contributed by atoms with Gasteiger partial charge in [-0.3, -0.25) is 9.36 Å². The van der Waals surface area contributed by atoms with Crippen molar-refractivity contribution >= 4 is 29.1 Å². The first-order valence-electron chi connectivity index (χ1n) is 7.91. The molecule has 1 atom stereocenters. The summed E-state index contributed by atoms with van der Waals surface area (Å²) in [7, 11) is 1.32. The minimum absolute atomic E-state index is 0.140. The van der Waals surface area contributed by atoms with E-state index in [2.05, 4.69) is 11.9 Å². The zero-order chi connectivity index (χ0) is 18.0. The molecule has 3 rings (SSSR count). The molecular weight excluding hydrogens is 336 g/mol. The van der Waals surface area contributed by atoms with Crippen LogP contribution in [0, 0.1) is 4.77 Å².